The number of hydrogen-bond donors (Lipinski definition) is 0. The Morgan fingerprint density at radius 2 is 1.02 bits per heavy atom. The van der Waals surface area contributed by atoms with Crippen LogP contribution in [0.1, 0.15) is 22.3 Å². The Morgan fingerprint density at radius 1 is 0.467 bits per heavy atom. The molecule has 0 radical (unpaired) electrons. The molecule has 212 valence electrons. The summed E-state index contributed by atoms with van der Waals surface area (Å²) in [6, 6.07) is 51.6. The van der Waals surface area contributed by atoms with E-state index in [2.05, 4.69) is 145 Å². The summed E-state index contributed by atoms with van der Waals surface area (Å²) in [5.74, 6) is 1.10. The maximum atomic E-state index is 6.71. The van der Waals surface area contributed by atoms with Crippen molar-refractivity contribution in [3.05, 3.63) is 173 Å². The third kappa shape index (κ3) is 3.93. The molecule has 9 rings (SSSR count). The van der Waals surface area contributed by atoms with Crippen molar-refractivity contribution >= 4 is 43.1 Å². The van der Waals surface area contributed by atoms with Crippen molar-refractivity contribution in [3.8, 4) is 33.9 Å². The average Bonchev–Trinajstić information content (AvgIpc) is 3.62. The lowest BCUT2D eigenvalue weighted by Gasteiger charge is -2.35. The van der Waals surface area contributed by atoms with E-state index in [4.69, 9.17) is 21.6 Å². The SMILES string of the molecule is Clc1nc(-c2ccc3sc4ccccc4c3c2)nc(-c2ccccc2C2(c3ccccc3)c3ccccc3-c3ccccc32)n1. The molecule has 0 fully saturated rings. The van der Waals surface area contributed by atoms with Gasteiger partial charge in [0.15, 0.2) is 11.6 Å². The second kappa shape index (κ2) is 10.2. The first kappa shape index (κ1) is 26.3. The Hall–Kier alpha value is -5.16. The Labute approximate surface area is 269 Å². The van der Waals surface area contributed by atoms with Gasteiger partial charge in [0.25, 0.3) is 0 Å². The number of fused-ring (bicyclic) bond motifs is 6. The largest absolute Gasteiger partial charge is 0.226 e. The predicted octanol–water partition coefficient (Wildman–Crippen LogP) is 10.6. The summed E-state index contributed by atoms with van der Waals surface area (Å²) in [5, 5.41) is 2.59. The average molecular weight is 614 g/mol. The van der Waals surface area contributed by atoms with Gasteiger partial charge < -0.3 is 0 Å². The van der Waals surface area contributed by atoms with Crippen LogP contribution >= 0.6 is 22.9 Å². The maximum Gasteiger partial charge on any atom is 0.226 e. The van der Waals surface area contributed by atoms with Gasteiger partial charge in [0.2, 0.25) is 5.28 Å². The van der Waals surface area contributed by atoms with Crippen LogP contribution in [0.15, 0.2) is 146 Å². The fourth-order valence-corrected chi connectivity index (χ4v) is 8.40. The molecule has 0 amide bonds. The van der Waals surface area contributed by atoms with Gasteiger partial charge in [-0.2, -0.15) is 9.97 Å². The predicted molar refractivity (Wildman–Crippen MR) is 186 cm³/mol. The lowest BCUT2D eigenvalue weighted by atomic mass is 9.66. The van der Waals surface area contributed by atoms with E-state index >= 15 is 0 Å². The van der Waals surface area contributed by atoms with E-state index in [1.807, 2.05) is 6.07 Å². The van der Waals surface area contributed by atoms with Crippen LogP contribution in [0.2, 0.25) is 5.28 Å². The summed E-state index contributed by atoms with van der Waals surface area (Å²) in [6.07, 6.45) is 0. The van der Waals surface area contributed by atoms with E-state index in [0.29, 0.717) is 11.6 Å². The molecule has 45 heavy (non-hydrogen) atoms. The van der Waals surface area contributed by atoms with Crippen molar-refractivity contribution < 1.29 is 0 Å². The second-order valence-electron chi connectivity index (χ2n) is 11.3. The van der Waals surface area contributed by atoms with Crippen molar-refractivity contribution in [2.45, 2.75) is 5.41 Å². The van der Waals surface area contributed by atoms with Crippen LogP contribution in [0, 0.1) is 0 Å². The molecule has 0 aliphatic heterocycles. The molecule has 1 aliphatic carbocycles. The molecule has 0 saturated carbocycles. The molecule has 1 aliphatic rings. The highest BCUT2D eigenvalue weighted by molar-refractivity contribution is 7.25. The summed E-state index contributed by atoms with van der Waals surface area (Å²) in [6.45, 7) is 0. The van der Waals surface area contributed by atoms with Gasteiger partial charge in [-0.15, -0.1) is 11.3 Å². The highest BCUT2D eigenvalue weighted by Crippen LogP contribution is 2.57. The van der Waals surface area contributed by atoms with Crippen LogP contribution in [-0.2, 0) is 5.41 Å². The van der Waals surface area contributed by atoms with Crippen molar-refractivity contribution in [1.82, 2.24) is 15.0 Å². The number of rotatable bonds is 4. The fourth-order valence-electron chi connectivity index (χ4n) is 7.15. The molecular formula is C40H24ClN3S. The molecule has 6 aromatic carbocycles. The van der Waals surface area contributed by atoms with Crippen LogP contribution in [0.5, 0.6) is 0 Å². The Balaban J connectivity index is 1.30. The van der Waals surface area contributed by atoms with Gasteiger partial charge in [0.1, 0.15) is 0 Å². The normalized spacial score (nSPS) is 13.2. The Kier molecular flexibility index (Phi) is 5.95. The smallest absolute Gasteiger partial charge is 0.208 e. The monoisotopic (exact) mass is 613 g/mol. The lowest BCUT2D eigenvalue weighted by Crippen LogP contribution is -2.29. The zero-order valence-electron chi connectivity index (χ0n) is 24.0. The Morgan fingerprint density at radius 3 is 1.76 bits per heavy atom. The second-order valence-corrected chi connectivity index (χ2v) is 12.7. The van der Waals surface area contributed by atoms with Crippen molar-refractivity contribution in [3.63, 3.8) is 0 Å². The molecular weight excluding hydrogens is 590 g/mol. The van der Waals surface area contributed by atoms with E-state index in [0.717, 1.165) is 16.7 Å². The summed E-state index contributed by atoms with van der Waals surface area (Å²) < 4.78 is 2.49. The molecule has 0 N–H and O–H groups in total. The fraction of sp³-hybridized carbons (Fsp3) is 0.0250. The molecule has 8 aromatic rings. The molecule has 0 spiro atoms. The number of aromatic nitrogens is 3. The first-order valence-corrected chi connectivity index (χ1v) is 16.1. The Bertz CT molecular complexity index is 2370. The molecule has 2 aromatic heterocycles. The van der Waals surface area contributed by atoms with Gasteiger partial charge in [-0.25, -0.2) is 4.98 Å². The molecule has 5 heteroatoms. The van der Waals surface area contributed by atoms with Gasteiger partial charge in [0, 0.05) is 31.3 Å². The highest BCUT2D eigenvalue weighted by Gasteiger charge is 2.47. The first-order chi connectivity index (χ1) is 22.2. The molecule has 0 bridgehead atoms. The van der Waals surface area contributed by atoms with Crippen molar-refractivity contribution in [2.75, 3.05) is 0 Å². The van der Waals surface area contributed by atoms with Crippen LogP contribution in [-0.4, -0.2) is 15.0 Å². The van der Waals surface area contributed by atoms with E-state index in [1.54, 1.807) is 11.3 Å². The molecule has 3 nitrogen and oxygen atoms in total. The minimum atomic E-state index is -0.585. The third-order valence-electron chi connectivity index (χ3n) is 8.97. The van der Waals surface area contributed by atoms with Gasteiger partial charge in [-0.3, -0.25) is 0 Å². The number of nitrogens with zero attached hydrogens (tertiary/aromatic N) is 3. The van der Waals surface area contributed by atoms with Gasteiger partial charge in [0.05, 0.1) is 5.41 Å². The van der Waals surface area contributed by atoms with Gasteiger partial charge in [-0.05, 0) is 69.2 Å². The van der Waals surface area contributed by atoms with E-state index < -0.39 is 5.41 Å². The molecule has 0 atom stereocenters. The summed E-state index contributed by atoms with van der Waals surface area (Å²) in [4.78, 5) is 14.5. The number of hydrogen-bond acceptors (Lipinski definition) is 4. The molecule has 0 unspecified atom stereocenters. The van der Waals surface area contributed by atoms with Crippen molar-refractivity contribution in [2.24, 2.45) is 0 Å². The standard InChI is InChI=1S/C40H24ClN3S/c41-39-43-37(25-22-23-36-31(24-25)29-16-7-11-21-35(29)45-36)42-38(44-39)30-17-6-10-20-34(30)40(26-12-2-1-3-13-26)32-18-8-4-14-27(32)28-15-5-9-19-33(28)40/h1-24H. The van der Waals surface area contributed by atoms with Crippen LogP contribution in [0.25, 0.3) is 54.1 Å². The number of thiophene rings is 1. The van der Waals surface area contributed by atoms with Crippen LogP contribution < -0.4 is 0 Å². The third-order valence-corrected chi connectivity index (χ3v) is 10.3. The van der Waals surface area contributed by atoms with Crippen molar-refractivity contribution in [1.29, 1.82) is 0 Å². The van der Waals surface area contributed by atoms with Gasteiger partial charge >= 0.3 is 0 Å². The lowest BCUT2D eigenvalue weighted by molar-refractivity contribution is 0.769. The number of halogens is 1. The van der Waals surface area contributed by atoms with Gasteiger partial charge in [-0.1, -0.05) is 121 Å². The minimum absolute atomic E-state index is 0.168. The van der Waals surface area contributed by atoms with Crippen LogP contribution in [0.3, 0.4) is 0 Å². The summed E-state index contributed by atoms with van der Waals surface area (Å²) >= 11 is 8.50. The highest BCUT2D eigenvalue weighted by atomic mass is 35.5. The first-order valence-electron chi connectivity index (χ1n) is 14.9. The maximum absolute atomic E-state index is 6.71. The summed E-state index contributed by atoms with van der Waals surface area (Å²) in [7, 11) is 0. The molecule has 2 heterocycles. The molecule has 0 saturated heterocycles. The van der Waals surface area contributed by atoms with E-state index in [-0.39, 0.29) is 5.28 Å². The van der Waals surface area contributed by atoms with Crippen LogP contribution in [0.4, 0.5) is 0 Å². The zero-order valence-corrected chi connectivity index (χ0v) is 25.6. The minimum Gasteiger partial charge on any atom is -0.208 e. The topological polar surface area (TPSA) is 38.7 Å². The quantitative estimate of drug-likeness (QED) is 0.198. The number of benzene rings is 6. The summed E-state index contributed by atoms with van der Waals surface area (Å²) in [5.41, 5.74) is 8.46. The zero-order chi connectivity index (χ0) is 30.0. The van der Waals surface area contributed by atoms with E-state index in [1.165, 1.54) is 48.0 Å². The van der Waals surface area contributed by atoms with E-state index in [9.17, 15) is 0 Å².